The molecule has 118 valence electrons. The molecule has 0 bridgehead atoms. The summed E-state index contributed by atoms with van der Waals surface area (Å²) in [4.78, 5) is 1.93. The number of alkyl halides is 3. The first-order chi connectivity index (χ1) is 9.85. The van der Waals surface area contributed by atoms with Gasteiger partial charge in [-0.15, -0.1) is 0 Å². The average Bonchev–Trinajstić information content (AvgIpc) is 2.87. The first kappa shape index (κ1) is 16.2. The molecule has 0 saturated carbocycles. The summed E-state index contributed by atoms with van der Waals surface area (Å²) in [6, 6.07) is 2.15. The quantitative estimate of drug-likeness (QED) is 0.869. The van der Waals surface area contributed by atoms with E-state index in [0.29, 0.717) is 19.2 Å². The Morgan fingerprint density at radius 1 is 1.38 bits per heavy atom. The minimum Gasteiger partial charge on any atom is -0.380 e. The highest BCUT2D eigenvalue weighted by atomic mass is 19.4. The highest BCUT2D eigenvalue weighted by Crippen LogP contribution is 2.33. The van der Waals surface area contributed by atoms with Crippen LogP contribution >= 0.6 is 0 Å². The van der Waals surface area contributed by atoms with Crippen LogP contribution in [0.3, 0.4) is 0 Å². The Hall–Kier alpha value is -1.18. The van der Waals surface area contributed by atoms with Gasteiger partial charge in [0.05, 0.1) is 11.7 Å². The first-order valence-electron chi connectivity index (χ1n) is 6.69. The third-order valence-corrected chi connectivity index (χ3v) is 3.81. The number of halogens is 4. The van der Waals surface area contributed by atoms with Gasteiger partial charge in [-0.25, -0.2) is 4.39 Å². The fourth-order valence-electron chi connectivity index (χ4n) is 2.69. The summed E-state index contributed by atoms with van der Waals surface area (Å²) in [6.07, 6.45) is -3.75. The van der Waals surface area contributed by atoms with Gasteiger partial charge >= 0.3 is 6.18 Å². The van der Waals surface area contributed by atoms with E-state index in [2.05, 4.69) is 0 Å². The first-order valence-corrected chi connectivity index (χ1v) is 6.69. The van der Waals surface area contributed by atoms with E-state index in [1.54, 1.807) is 7.11 Å². The molecule has 1 aliphatic heterocycles. The molecule has 2 atom stereocenters. The van der Waals surface area contributed by atoms with Gasteiger partial charge in [0.25, 0.3) is 0 Å². The molecule has 1 aliphatic rings. The monoisotopic (exact) mass is 306 g/mol. The normalized spacial score (nSPS) is 21.7. The van der Waals surface area contributed by atoms with Crippen molar-refractivity contribution in [1.29, 1.82) is 0 Å². The number of nitrogens with two attached hydrogens (primary N) is 1. The van der Waals surface area contributed by atoms with E-state index >= 15 is 0 Å². The van der Waals surface area contributed by atoms with Crippen molar-refractivity contribution in [2.24, 2.45) is 5.73 Å². The maximum absolute atomic E-state index is 13.5. The lowest BCUT2D eigenvalue weighted by Gasteiger charge is -2.27. The van der Waals surface area contributed by atoms with Crippen LogP contribution in [0.5, 0.6) is 0 Å². The van der Waals surface area contributed by atoms with Gasteiger partial charge in [0.2, 0.25) is 0 Å². The van der Waals surface area contributed by atoms with Gasteiger partial charge in [0.15, 0.2) is 0 Å². The van der Waals surface area contributed by atoms with E-state index in [1.165, 1.54) is 0 Å². The highest BCUT2D eigenvalue weighted by Gasteiger charge is 2.34. The van der Waals surface area contributed by atoms with Crippen molar-refractivity contribution in [3.05, 3.63) is 35.1 Å². The van der Waals surface area contributed by atoms with E-state index in [0.717, 1.165) is 18.6 Å². The van der Waals surface area contributed by atoms with Crippen molar-refractivity contribution in [2.75, 3.05) is 26.7 Å². The van der Waals surface area contributed by atoms with E-state index in [4.69, 9.17) is 10.5 Å². The summed E-state index contributed by atoms with van der Waals surface area (Å²) in [5.74, 6) is -0.902. The second-order valence-electron chi connectivity index (χ2n) is 5.16. The summed E-state index contributed by atoms with van der Waals surface area (Å²) in [5.41, 5.74) is 4.96. The smallest absolute Gasteiger partial charge is 0.380 e. The molecular weight excluding hydrogens is 288 g/mol. The second-order valence-corrected chi connectivity index (χ2v) is 5.16. The maximum atomic E-state index is 13.5. The van der Waals surface area contributed by atoms with Gasteiger partial charge in [-0.2, -0.15) is 13.2 Å². The van der Waals surface area contributed by atoms with Gasteiger partial charge in [-0.05, 0) is 30.2 Å². The van der Waals surface area contributed by atoms with Gasteiger partial charge in [-0.1, -0.05) is 0 Å². The Labute approximate surface area is 120 Å². The second kappa shape index (κ2) is 6.29. The molecule has 0 amide bonds. The molecular formula is C14H18F4N2O. The van der Waals surface area contributed by atoms with Crippen LogP contribution < -0.4 is 5.73 Å². The molecule has 2 rings (SSSR count). The van der Waals surface area contributed by atoms with Crippen LogP contribution in [0.4, 0.5) is 17.6 Å². The van der Waals surface area contributed by atoms with Crippen LogP contribution in [0.2, 0.25) is 0 Å². The topological polar surface area (TPSA) is 38.5 Å². The van der Waals surface area contributed by atoms with Gasteiger partial charge in [-0.3, -0.25) is 4.90 Å². The molecule has 7 heteroatoms. The molecule has 0 aliphatic carbocycles. The van der Waals surface area contributed by atoms with Crippen molar-refractivity contribution in [1.82, 2.24) is 4.90 Å². The minimum absolute atomic E-state index is 0.0368. The fourth-order valence-corrected chi connectivity index (χ4v) is 2.69. The summed E-state index contributed by atoms with van der Waals surface area (Å²) < 4.78 is 57.1. The highest BCUT2D eigenvalue weighted by molar-refractivity contribution is 5.29. The molecule has 21 heavy (non-hydrogen) atoms. The predicted molar refractivity (Wildman–Crippen MR) is 70.2 cm³/mol. The zero-order valence-electron chi connectivity index (χ0n) is 11.7. The number of likely N-dealkylation sites (tertiary alicyclic amines) is 1. The van der Waals surface area contributed by atoms with Crippen molar-refractivity contribution >= 4 is 0 Å². The standard InChI is InChI=1S/C14H18F4N2O/c1-21-12-2-3-20(8-12)13(7-19)9-4-10(14(16,17)18)6-11(15)5-9/h4-6,12-13H,2-3,7-8,19H2,1H3. The SMILES string of the molecule is COC1CCN(C(CN)c2cc(F)cc(C(F)(F)F)c2)C1. The van der Waals surface area contributed by atoms with Crippen molar-refractivity contribution in [2.45, 2.75) is 24.7 Å². The molecule has 0 spiro atoms. The third kappa shape index (κ3) is 3.72. The van der Waals surface area contributed by atoms with Crippen molar-refractivity contribution < 1.29 is 22.3 Å². The van der Waals surface area contributed by atoms with Gasteiger partial charge < -0.3 is 10.5 Å². The zero-order chi connectivity index (χ0) is 15.6. The summed E-state index contributed by atoms with van der Waals surface area (Å²) in [7, 11) is 1.59. The van der Waals surface area contributed by atoms with Gasteiger partial charge in [0, 0.05) is 32.8 Å². The molecule has 1 fully saturated rings. The number of ether oxygens (including phenoxy) is 1. The number of methoxy groups -OCH3 is 1. The summed E-state index contributed by atoms with van der Waals surface area (Å²) in [6.45, 7) is 1.37. The van der Waals surface area contributed by atoms with E-state index in [1.807, 2.05) is 4.90 Å². The van der Waals surface area contributed by atoms with E-state index < -0.39 is 23.6 Å². The molecule has 0 radical (unpaired) electrons. The van der Waals surface area contributed by atoms with E-state index in [-0.39, 0.29) is 18.2 Å². The maximum Gasteiger partial charge on any atom is 0.416 e. The van der Waals surface area contributed by atoms with Crippen LogP contribution in [0.25, 0.3) is 0 Å². The Morgan fingerprint density at radius 2 is 2.10 bits per heavy atom. The summed E-state index contributed by atoms with van der Waals surface area (Å²) in [5, 5.41) is 0. The molecule has 0 aromatic heterocycles. The van der Waals surface area contributed by atoms with Crippen molar-refractivity contribution in [3.63, 3.8) is 0 Å². The Kier molecular flexibility index (Phi) is 4.85. The van der Waals surface area contributed by atoms with Crippen LogP contribution in [-0.4, -0.2) is 37.7 Å². The van der Waals surface area contributed by atoms with E-state index in [9.17, 15) is 17.6 Å². The number of nitrogens with zero attached hydrogens (tertiary/aromatic N) is 1. The van der Waals surface area contributed by atoms with Crippen molar-refractivity contribution in [3.8, 4) is 0 Å². The largest absolute Gasteiger partial charge is 0.416 e. The number of benzene rings is 1. The van der Waals surface area contributed by atoms with Crippen LogP contribution in [0, 0.1) is 5.82 Å². The molecule has 2 N–H and O–H groups in total. The molecule has 1 saturated heterocycles. The Morgan fingerprint density at radius 3 is 2.62 bits per heavy atom. The number of rotatable bonds is 4. The predicted octanol–water partition coefficient (Wildman–Crippen LogP) is 2.57. The number of hydrogen-bond donors (Lipinski definition) is 1. The Bertz CT molecular complexity index is 492. The van der Waals surface area contributed by atoms with Crippen LogP contribution in [0.15, 0.2) is 18.2 Å². The molecule has 1 aromatic carbocycles. The average molecular weight is 306 g/mol. The Balaban J connectivity index is 2.28. The lowest BCUT2D eigenvalue weighted by Crippen LogP contribution is -2.33. The van der Waals surface area contributed by atoms with Crippen LogP contribution in [0.1, 0.15) is 23.6 Å². The minimum atomic E-state index is -4.57. The third-order valence-electron chi connectivity index (χ3n) is 3.81. The summed E-state index contributed by atoms with van der Waals surface area (Å²) >= 11 is 0. The number of hydrogen-bond acceptors (Lipinski definition) is 3. The van der Waals surface area contributed by atoms with Gasteiger partial charge in [0.1, 0.15) is 5.82 Å². The lowest BCUT2D eigenvalue weighted by molar-refractivity contribution is -0.137. The molecule has 3 nitrogen and oxygen atoms in total. The molecule has 2 unspecified atom stereocenters. The lowest BCUT2D eigenvalue weighted by atomic mass is 10.0. The zero-order valence-corrected chi connectivity index (χ0v) is 11.7. The van der Waals surface area contributed by atoms with Crippen LogP contribution in [-0.2, 0) is 10.9 Å². The molecule has 1 heterocycles. The fraction of sp³-hybridized carbons (Fsp3) is 0.571. The molecule has 1 aromatic rings.